The molecule has 0 aliphatic heterocycles. The number of nitrogens with one attached hydrogen (secondary N) is 2. The number of H-pyrrole nitrogens is 2. The van der Waals surface area contributed by atoms with E-state index in [0.717, 1.165) is 0 Å². The van der Waals surface area contributed by atoms with Crippen LogP contribution in [0.4, 0.5) is 0 Å². The molecule has 0 atom stereocenters. The van der Waals surface area contributed by atoms with E-state index in [2.05, 4.69) is 9.97 Å². The number of aromatic amines is 2. The van der Waals surface area contributed by atoms with E-state index in [1.165, 1.54) is 28.4 Å². The van der Waals surface area contributed by atoms with Gasteiger partial charge in [0.05, 0.1) is 94.6 Å². The third kappa shape index (κ3) is 4.66. The highest BCUT2D eigenvalue weighted by atomic mass is 16.5. The van der Waals surface area contributed by atoms with E-state index in [1.54, 1.807) is 24.3 Å². The van der Waals surface area contributed by atoms with Crippen LogP contribution in [0.1, 0.15) is 41.4 Å². The second-order valence-electron chi connectivity index (χ2n) is 12.4. The third-order valence-electron chi connectivity index (χ3n) is 9.62. The number of hydrogen-bond donors (Lipinski definition) is 2. The predicted octanol–water partition coefficient (Wildman–Crippen LogP) is 6.86. The van der Waals surface area contributed by atoms with Crippen molar-refractivity contribution in [2.45, 2.75) is 0 Å². The van der Waals surface area contributed by atoms with E-state index in [4.69, 9.17) is 38.9 Å². The van der Waals surface area contributed by atoms with Crippen LogP contribution >= 0.6 is 0 Å². The maximum absolute atomic E-state index is 13.6. The first-order valence-corrected chi connectivity index (χ1v) is 16.5. The number of ether oxygens (including phenoxy) is 4. The Balaban J connectivity index is 1.60. The van der Waals surface area contributed by atoms with Gasteiger partial charge in [-0.05, 0) is 24.3 Å². The van der Waals surface area contributed by atoms with E-state index < -0.39 is 23.9 Å². The molecule has 0 fully saturated rings. The molecule has 0 aliphatic carbocycles. The number of rotatable bonds is 4. The minimum absolute atomic E-state index is 0.0881. The molecule has 0 unspecified atom stereocenters. The van der Waals surface area contributed by atoms with Crippen LogP contribution in [0.3, 0.4) is 0 Å². The number of benzene rings is 2. The van der Waals surface area contributed by atoms with Crippen molar-refractivity contribution >= 4 is 112 Å². The van der Waals surface area contributed by atoms with Gasteiger partial charge in [-0.2, -0.15) is 0 Å². The average Bonchev–Trinajstić information content (AvgIpc) is 3.82. The fourth-order valence-electron chi connectivity index (χ4n) is 7.09. The quantitative estimate of drug-likeness (QED) is 0.109. The molecule has 12 bridgehead atoms. The number of methoxy groups -OCH3 is 4. The van der Waals surface area contributed by atoms with Crippen LogP contribution < -0.4 is 0 Å². The number of fused-ring (bicyclic) bond motifs is 12. The van der Waals surface area contributed by atoms with Crippen molar-refractivity contribution in [3.05, 3.63) is 95.1 Å². The van der Waals surface area contributed by atoms with Crippen molar-refractivity contribution in [2.75, 3.05) is 28.4 Å². The molecule has 0 saturated heterocycles. The molecule has 14 nitrogen and oxygen atoms in total. The van der Waals surface area contributed by atoms with Crippen molar-refractivity contribution in [1.29, 1.82) is 0 Å². The number of aromatic nitrogens is 6. The number of hydrogen-bond acceptors (Lipinski definition) is 12. The normalized spacial score (nSPS) is 11.6. The molecule has 2 aromatic carbocycles. The highest BCUT2D eigenvalue weighted by Crippen LogP contribution is 2.34. The van der Waals surface area contributed by atoms with Crippen molar-refractivity contribution in [3.63, 3.8) is 0 Å². The summed E-state index contributed by atoms with van der Waals surface area (Å²) in [6.45, 7) is 0. The lowest BCUT2D eigenvalue weighted by atomic mass is 10.1. The molecule has 14 heteroatoms. The standard InChI is InChI=1S/C40H26N6O8/c1-51-37(47)25-26(38(48)52-2)34-22-14-10-18-7-8-20-12-16-24(44-32(20)31(18)42-22)36-28(40(50)54-4)27(39(49)53-3)35(46-36)23-15-11-19-6-5-17-9-13-21(33(25)45-34)41-29(17)30(19)43-23/h5-16,45-46H,1-4H3. The summed E-state index contributed by atoms with van der Waals surface area (Å²) in [6.07, 6.45) is 0. The maximum Gasteiger partial charge on any atom is 0.341 e. The molecule has 9 rings (SSSR count). The van der Waals surface area contributed by atoms with E-state index in [9.17, 15) is 19.2 Å². The van der Waals surface area contributed by atoms with Gasteiger partial charge < -0.3 is 28.9 Å². The third-order valence-corrected chi connectivity index (χ3v) is 9.62. The minimum Gasteiger partial charge on any atom is -0.465 e. The Morgan fingerprint density at radius 1 is 0.370 bits per heavy atom. The molecule has 2 N–H and O–H groups in total. The monoisotopic (exact) mass is 718 g/mol. The highest BCUT2D eigenvalue weighted by molar-refractivity contribution is 6.20. The summed E-state index contributed by atoms with van der Waals surface area (Å²) in [5, 5.41) is 2.84. The summed E-state index contributed by atoms with van der Waals surface area (Å²) in [4.78, 5) is 80.7. The first kappa shape index (κ1) is 32.4. The van der Waals surface area contributed by atoms with Crippen molar-refractivity contribution in [1.82, 2.24) is 29.9 Å². The largest absolute Gasteiger partial charge is 0.465 e. The van der Waals surface area contributed by atoms with Crippen LogP contribution in [0.25, 0.3) is 87.7 Å². The van der Waals surface area contributed by atoms with Gasteiger partial charge in [-0.1, -0.05) is 48.5 Å². The van der Waals surface area contributed by atoms with Crippen LogP contribution in [0.2, 0.25) is 0 Å². The molecule has 0 spiro atoms. The molecule has 0 aliphatic rings. The highest BCUT2D eigenvalue weighted by Gasteiger charge is 2.29. The van der Waals surface area contributed by atoms with Crippen molar-refractivity contribution < 1.29 is 38.1 Å². The van der Waals surface area contributed by atoms with E-state index in [-0.39, 0.29) is 44.3 Å². The van der Waals surface area contributed by atoms with Crippen LogP contribution in [0.15, 0.2) is 72.8 Å². The molecular weight excluding hydrogens is 692 g/mol. The summed E-state index contributed by atoms with van der Waals surface area (Å²) < 4.78 is 20.8. The Hall–Kier alpha value is -7.48. The summed E-state index contributed by atoms with van der Waals surface area (Å²) in [6, 6.07) is 21.6. The molecule has 264 valence electrons. The smallest absolute Gasteiger partial charge is 0.341 e. The lowest BCUT2D eigenvalue weighted by molar-refractivity contribution is 0.0559. The number of carbonyl (C=O) groups is 4. The maximum atomic E-state index is 13.6. The Morgan fingerprint density at radius 2 is 0.574 bits per heavy atom. The van der Waals surface area contributed by atoms with Gasteiger partial charge in [0.1, 0.15) is 22.3 Å². The molecule has 7 aromatic heterocycles. The SMILES string of the molecule is COC(=O)c1c(C(=O)OC)c2[nH]c1c1ccc3ccc4ccc(nc4c3n1)c1[nH]c(c(C(=O)OC)c1C(=O)OC)c1ccc3ccc4ccc2nc4c3n1. The summed E-state index contributed by atoms with van der Waals surface area (Å²) >= 11 is 0. The molecule has 9 aromatic rings. The Morgan fingerprint density at radius 3 is 0.778 bits per heavy atom. The van der Waals surface area contributed by atoms with E-state index in [0.29, 0.717) is 65.7 Å². The van der Waals surface area contributed by atoms with Crippen LogP contribution in [0, 0.1) is 0 Å². The van der Waals surface area contributed by atoms with Gasteiger partial charge in [0, 0.05) is 21.5 Å². The lowest BCUT2D eigenvalue weighted by Gasteiger charge is -2.06. The Labute approximate surface area is 302 Å². The molecule has 0 amide bonds. The molecule has 54 heavy (non-hydrogen) atoms. The number of carbonyl (C=O) groups excluding carboxylic acids is 4. The van der Waals surface area contributed by atoms with Crippen molar-refractivity contribution in [3.8, 4) is 0 Å². The molecule has 7 heterocycles. The predicted molar refractivity (Wildman–Crippen MR) is 201 cm³/mol. The van der Waals surface area contributed by atoms with Gasteiger partial charge in [0.25, 0.3) is 0 Å². The van der Waals surface area contributed by atoms with Gasteiger partial charge in [-0.25, -0.2) is 39.1 Å². The van der Waals surface area contributed by atoms with Gasteiger partial charge in [-0.3, -0.25) is 0 Å². The summed E-state index contributed by atoms with van der Waals surface area (Å²) in [5.74, 6) is -3.18. The first-order chi connectivity index (χ1) is 26.2. The fraction of sp³-hybridized carbons (Fsp3) is 0.100. The minimum atomic E-state index is -0.796. The Bertz CT molecular complexity index is 2780. The zero-order chi connectivity index (χ0) is 37.4. The fourth-order valence-corrected chi connectivity index (χ4v) is 7.09. The molecular formula is C40H26N6O8. The Kier molecular flexibility index (Phi) is 7.24. The zero-order valence-electron chi connectivity index (χ0n) is 29.0. The van der Waals surface area contributed by atoms with E-state index in [1.807, 2.05) is 48.5 Å². The molecule has 0 radical (unpaired) electrons. The van der Waals surface area contributed by atoms with Crippen LogP contribution in [-0.2, 0) is 18.9 Å². The average molecular weight is 719 g/mol. The van der Waals surface area contributed by atoms with Crippen LogP contribution in [-0.4, -0.2) is 82.2 Å². The second-order valence-corrected chi connectivity index (χ2v) is 12.4. The molecule has 0 saturated carbocycles. The van der Waals surface area contributed by atoms with Gasteiger partial charge >= 0.3 is 23.9 Å². The number of nitrogens with zero attached hydrogens (tertiary/aromatic N) is 4. The zero-order valence-corrected chi connectivity index (χ0v) is 29.0. The van der Waals surface area contributed by atoms with Crippen molar-refractivity contribution in [2.24, 2.45) is 0 Å². The summed E-state index contributed by atoms with van der Waals surface area (Å²) in [5.41, 5.74) is 3.37. The number of esters is 4. The summed E-state index contributed by atoms with van der Waals surface area (Å²) in [7, 11) is 4.88. The van der Waals surface area contributed by atoms with Gasteiger partial charge in [0.2, 0.25) is 0 Å². The van der Waals surface area contributed by atoms with Gasteiger partial charge in [-0.15, -0.1) is 0 Å². The second kappa shape index (κ2) is 12.1. The number of pyridine rings is 4. The topological polar surface area (TPSA) is 188 Å². The lowest BCUT2D eigenvalue weighted by Crippen LogP contribution is -2.10. The van der Waals surface area contributed by atoms with Crippen LogP contribution in [0.5, 0.6) is 0 Å². The van der Waals surface area contributed by atoms with Gasteiger partial charge in [0.15, 0.2) is 0 Å². The first-order valence-electron chi connectivity index (χ1n) is 16.5. The van der Waals surface area contributed by atoms with E-state index >= 15 is 0 Å².